The summed E-state index contributed by atoms with van der Waals surface area (Å²) in [5.41, 5.74) is 1.53. The third-order valence-corrected chi connectivity index (χ3v) is 4.77. The van der Waals surface area contributed by atoms with Crippen LogP contribution < -0.4 is 5.32 Å². The van der Waals surface area contributed by atoms with Crippen LogP contribution in [0.25, 0.3) is 0 Å². The van der Waals surface area contributed by atoms with Crippen molar-refractivity contribution in [2.45, 2.75) is 38.8 Å². The monoisotopic (exact) mass is 502 g/mol. The highest BCUT2D eigenvalue weighted by atomic mass is 127. The average Bonchev–Trinajstić information content (AvgIpc) is 3.22. The molecule has 0 spiro atoms. The van der Waals surface area contributed by atoms with Crippen LogP contribution in [0, 0.1) is 5.82 Å². The van der Waals surface area contributed by atoms with E-state index in [1.807, 2.05) is 6.07 Å². The summed E-state index contributed by atoms with van der Waals surface area (Å²) in [4.78, 5) is 11.3. The highest BCUT2D eigenvalue weighted by Crippen LogP contribution is 2.25. The Kier molecular flexibility index (Phi) is 9.10. The van der Waals surface area contributed by atoms with Gasteiger partial charge in [-0.05, 0) is 37.5 Å². The van der Waals surface area contributed by atoms with Crippen molar-refractivity contribution in [3.63, 3.8) is 0 Å². The molecule has 1 aromatic carbocycles. The molecule has 0 radical (unpaired) electrons. The lowest BCUT2D eigenvalue weighted by Gasteiger charge is -2.33. The molecule has 1 aliphatic heterocycles. The molecule has 2 heterocycles. The van der Waals surface area contributed by atoms with Crippen molar-refractivity contribution in [2.24, 2.45) is 4.99 Å². The van der Waals surface area contributed by atoms with Crippen molar-refractivity contribution >= 4 is 29.9 Å². The Labute approximate surface area is 182 Å². The lowest BCUT2D eigenvalue weighted by Crippen LogP contribution is -2.45. The summed E-state index contributed by atoms with van der Waals surface area (Å²) in [6.07, 6.45) is 3.58. The van der Waals surface area contributed by atoms with Crippen LogP contribution in [0.3, 0.4) is 0 Å². The van der Waals surface area contributed by atoms with E-state index < -0.39 is 0 Å². The van der Waals surface area contributed by atoms with Crippen LogP contribution in [-0.2, 0) is 17.9 Å². The molecule has 2 N–H and O–H groups in total. The fourth-order valence-corrected chi connectivity index (χ4v) is 3.36. The number of rotatable bonds is 6. The van der Waals surface area contributed by atoms with Gasteiger partial charge in [-0.3, -0.25) is 5.10 Å². The van der Waals surface area contributed by atoms with E-state index in [1.54, 1.807) is 19.5 Å². The molecule has 1 aliphatic rings. The Hall–Kier alpha value is -1.75. The van der Waals surface area contributed by atoms with Crippen molar-refractivity contribution in [1.29, 1.82) is 0 Å². The number of guanidine groups is 1. The van der Waals surface area contributed by atoms with Gasteiger partial charge in [0.1, 0.15) is 18.0 Å². The summed E-state index contributed by atoms with van der Waals surface area (Å²) in [7, 11) is 1.57. The minimum Gasteiger partial charge on any atom is -0.380 e. The molecule has 0 unspecified atom stereocenters. The Morgan fingerprint density at radius 1 is 1.39 bits per heavy atom. The maximum atomic E-state index is 13.8. The van der Waals surface area contributed by atoms with Crippen molar-refractivity contribution in [3.8, 4) is 0 Å². The lowest BCUT2D eigenvalue weighted by atomic mass is 9.96. The second-order valence-electron chi connectivity index (χ2n) is 6.66. The third kappa shape index (κ3) is 5.87. The molecule has 1 fully saturated rings. The topological polar surface area (TPSA) is 78.4 Å². The van der Waals surface area contributed by atoms with E-state index in [-0.39, 0.29) is 36.4 Å². The van der Waals surface area contributed by atoms with Crippen LogP contribution in [0.5, 0.6) is 0 Å². The number of piperidine rings is 1. The first-order valence-corrected chi connectivity index (χ1v) is 9.36. The first-order chi connectivity index (χ1) is 13.2. The van der Waals surface area contributed by atoms with Gasteiger partial charge >= 0.3 is 0 Å². The SMILES string of the molecule is CCNC(=NCc1ccc(F)c(COC)c1)N1CCC(c2ncn[nH]2)CC1.I. The molecular formula is C19H28FIN6O. The second-order valence-corrected chi connectivity index (χ2v) is 6.66. The van der Waals surface area contributed by atoms with Crippen molar-refractivity contribution in [2.75, 3.05) is 26.7 Å². The van der Waals surface area contributed by atoms with Crippen LogP contribution in [-0.4, -0.2) is 52.8 Å². The van der Waals surface area contributed by atoms with Gasteiger partial charge in [-0.15, -0.1) is 24.0 Å². The van der Waals surface area contributed by atoms with Gasteiger partial charge in [0.2, 0.25) is 0 Å². The van der Waals surface area contributed by atoms with E-state index in [2.05, 4.69) is 32.3 Å². The highest BCUT2D eigenvalue weighted by Gasteiger charge is 2.24. The van der Waals surface area contributed by atoms with E-state index in [0.717, 1.165) is 49.8 Å². The first kappa shape index (κ1) is 22.5. The van der Waals surface area contributed by atoms with Crippen LogP contribution in [0.4, 0.5) is 4.39 Å². The van der Waals surface area contributed by atoms with Gasteiger partial charge in [-0.25, -0.2) is 14.4 Å². The standard InChI is InChI=1S/C19H27FN6O.HI/c1-3-21-19(22-11-14-4-5-17(20)16(10-14)12-27-2)26-8-6-15(7-9-26)18-23-13-24-25-18;/h4-5,10,13,15H,3,6-9,11-12H2,1-2H3,(H,21,22)(H,23,24,25);1H. The fourth-order valence-electron chi connectivity index (χ4n) is 3.36. The quantitative estimate of drug-likeness (QED) is 0.361. The molecule has 1 aromatic heterocycles. The smallest absolute Gasteiger partial charge is 0.194 e. The Bertz CT molecular complexity index is 747. The Morgan fingerprint density at radius 2 is 2.18 bits per heavy atom. The number of aromatic nitrogens is 3. The summed E-state index contributed by atoms with van der Waals surface area (Å²) in [5, 5.41) is 10.3. The number of hydrogen-bond donors (Lipinski definition) is 2. The molecule has 0 amide bonds. The Balaban J connectivity index is 0.00000280. The number of benzene rings is 1. The number of halogens is 2. The maximum absolute atomic E-state index is 13.8. The van der Waals surface area contributed by atoms with E-state index >= 15 is 0 Å². The third-order valence-electron chi connectivity index (χ3n) is 4.77. The molecule has 7 nitrogen and oxygen atoms in total. The number of hydrogen-bond acceptors (Lipinski definition) is 4. The summed E-state index contributed by atoms with van der Waals surface area (Å²) in [5.74, 6) is 2.03. The molecule has 9 heteroatoms. The first-order valence-electron chi connectivity index (χ1n) is 9.36. The predicted molar refractivity (Wildman–Crippen MR) is 117 cm³/mol. The summed E-state index contributed by atoms with van der Waals surface area (Å²) < 4.78 is 18.8. The van der Waals surface area contributed by atoms with Gasteiger partial charge in [0, 0.05) is 38.2 Å². The number of H-pyrrole nitrogens is 1. The Morgan fingerprint density at radius 3 is 2.82 bits per heavy atom. The molecule has 2 aromatic rings. The molecule has 0 saturated carbocycles. The van der Waals surface area contributed by atoms with Gasteiger partial charge < -0.3 is 15.0 Å². The lowest BCUT2D eigenvalue weighted by molar-refractivity contribution is 0.181. The largest absolute Gasteiger partial charge is 0.380 e. The highest BCUT2D eigenvalue weighted by molar-refractivity contribution is 14.0. The molecule has 154 valence electrons. The fraction of sp³-hybridized carbons (Fsp3) is 0.526. The van der Waals surface area contributed by atoms with Gasteiger partial charge in [0.15, 0.2) is 5.96 Å². The predicted octanol–water partition coefficient (Wildman–Crippen LogP) is 3.05. The van der Waals surface area contributed by atoms with Crippen LogP contribution >= 0.6 is 24.0 Å². The van der Waals surface area contributed by atoms with Gasteiger partial charge in [-0.2, -0.15) is 5.10 Å². The van der Waals surface area contributed by atoms with Crippen molar-refractivity contribution in [3.05, 3.63) is 47.3 Å². The van der Waals surface area contributed by atoms with E-state index in [1.165, 1.54) is 6.07 Å². The number of nitrogens with zero attached hydrogens (tertiary/aromatic N) is 4. The number of nitrogens with one attached hydrogen (secondary N) is 2. The molecular weight excluding hydrogens is 474 g/mol. The zero-order valence-corrected chi connectivity index (χ0v) is 18.7. The van der Waals surface area contributed by atoms with Crippen LogP contribution in [0.15, 0.2) is 29.5 Å². The summed E-state index contributed by atoms with van der Waals surface area (Å²) in [6, 6.07) is 5.08. The second kappa shape index (κ2) is 11.3. The molecule has 3 rings (SSSR count). The average molecular weight is 502 g/mol. The number of aromatic amines is 1. The summed E-state index contributed by atoms with van der Waals surface area (Å²) >= 11 is 0. The summed E-state index contributed by atoms with van der Waals surface area (Å²) in [6.45, 7) is 5.45. The molecule has 0 bridgehead atoms. The molecule has 0 aliphatic carbocycles. The van der Waals surface area contributed by atoms with E-state index in [9.17, 15) is 4.39 Å². The maximum Gasteiger partial charge on any atom is 0.194 e. The van der Waals surface area contributed by atoms with E-state index in [4.69, 9.17) is 9.73 Å². The van der Waals surface area contributed by atoms with Gasteiger partial charge in [0.05, 0.1) is 13.2 Å². The number of likely N-dealkylation sites (tertiary alicyclic amines) is 1. The zero-order valence-electron chi connectivity index (χ0n) is 16.3. The molecule has 28 heavy (non-hydrogen) atoms. The van der Waals surface area contributed by atoms with E-state index in [0.29, 0.717) is 18.0 Å². The normalized spacial score (nSPS) is 15.4. The van der Waals surface area contributed by atoms with Gasteiger partial charge in [-0.1, -0.05) is 6.07 Å². The van der Waals surface area contributed by atoms with Crippen LogP contribution in [0.2, 0.25) is 0 Å². The van der Waals surface area contributed by atoms with Gasteiger partial charge in [0.25, 0.3) is 0 Å². The zero-order chi connectivity index (χ0) is 19.1. The molecule has 1 saturated heterocycles. The van der Waals surface area contributed by atoms with Crippen molar-refractivity contribution < 1.29 is 9.13 Å². The van der Waals surface area contributed by atoms with Crippen LogP contribution in [0.1, 0.15) is 42.6 Å². The van der Waals surface area contributed by atoms with Crippen molar-refractivity contribution in [1.82, 2.24) is 25.4 Å². The number of ether oxygens (including phenoxy) is 1. The minimum atomic E-state index is -0.244. The number of aliphatic imine (C=N–C) groups is 1. The number of methoxy groups -OCH3 is 1. The minimum absolute atomic E-state index is 0. The molecule has 0 atom stereocenters.